The minimum absolute atomic E-state index is 0.365. The summed E-state index contributed by atoms with van der Waals surface area (Å²) in [5.41, 5.74) is 0. The molecule has 3 N–H and O–H groups in total. The van der Waals surface area contributed by atoms with Crippen LogP contribution in [0.2, 0.25) is 0 Å². The van der Waals surface area contributed by atoms with E-state index in [-0.39, 0.29) is 13.2 Å². The van der Waals surface area contributed by atoms with Gasteiger partial charge in [-0.3, -0.25) is 0 Å². The minimum atomic E-state index is -0.954. The molecule has 6 heteroatoms. The topological polar surface area (TPSA) is 104 Å². The molecule has 0 amide bonds. The van der Waals surface area contributed by atoms with Crippen molar-refractivity contribution >= 4 is 11.9 Å². The normalized spacial score (nSPS) is 31.7. The van der Waals surface area contributed by atoms with Crippen LogP contribution < -0.4 is 0 Å². The van der Waals surface area contributed by atoms with E-state index in [1.165, 1.54) is 12.8 Å². The van der Waals surface area contributed by atoms with Crippen molar-refractivity contribution in [2.75, 3.05) is 13.2 Å². The van der Waals surface area contributed by atoms with Crippen LogP contribution in [-0.4, -0.2) is 46.6 Å². The fraction of sp³-hybridized carbons (Fsp3) is 0.529. The number of rotatable bonds is 2. The number of hydrogen-bond donors (Lipinski definition) is 3. The number of aliphatic hydroxyl groups excluding tert-OH is 3. The molecule has 1 aliphatic heterocycles. The molecule has 0 aromatic carbocycles. The number of carbonyl (C=O) groups excluding carboxylic acids is 2. The maximum atomic E-state index is 9.92. The molecule has 0 aromatic heterocycles. The summed E-state index contributed by atoms with van der Waals surface area (Å²) < 4.78 is 3.97. The van der Waals surface area contributed by atoms with E-state index >= 15 is 0 Å². The average molecular weight is 322 g/mol. The molecule has 3 aliphatic carbocycles. The predicted octanol–water partition coefficient (Wildman–Crippen LogP) is 0.342. The number of aliphatic hydroxyl groups is 3. The molecule has 0 spiro atoms. The molecule has 6 nitrogen and oxygen atoms in total. The van der Waals surface area contributed by atoms with Crippen molar-refractivity contribution in [3.05, 3.63) is 36.5 Å². The van der Waals surface area contributed by atoms with Gasteiger partial charge in [0.25, 0.3) is 0 Å². The van der Waals surface area contributed by atoms with Gasteiger partial charge in [-0.15, -0.1) is 0 Å². The zero-order chi connectivity index (χ0) is 16.8. The van der Waals surface area contributed by atoms with Crippen molar-refractivity contribution < 1.29 is 29.6 Å². The molecule has 1 saturated carbocycles. The van der Waals surface area contributed by atoms with Crippen molar-refractivity contribution in [3.8, 4) is 0 Å². The summed E-state index contributed by atoms with van der Waals surface area (Å²) in [5.74, 6) is 2.67. The largest absolute Gasteiger partial charge is 0.394 e. The monoisotopic (exact) mass is 322 g/mol. The highest BCUT2D eigenvalue weighted by Gasteiger charge is 2.44. The molecule has 1 heterocycles. The number of carbonyl (C=O) groups is 2. The van der Waals surface area contributed by atoms with Crippen LogP contribution in [0.5, 0.6) is 0 Å². The molecule has 126 valence electrons. The lowest BCUT2D eigenvalue weighted by Crippen LogP contribution is -2.15. The van der Waals surface area contributed by atoms with E-state index in [9.17, 15) is 9.59 Å². The van der Waals surface area contributed by atoms with Gasteiger partial charge >= 0.3 is 11.9 Å². The molecule has 4 atom stereocenters. The quantitative estimate of drug-likeness (QED) is 0.385. The van der Waals surface area contributed by atoms with E-state index in [1.807, 2.05) is 0 Å². The van der Waals surface area contributed by atoms with Crippen LogP contribution in [0.1, 0.15) is 12.8 Å². The standard InChI is InChI=1S/C10H12.C4H2O3.C3H8O3/c1-2-9-7-4-5-8(6-7)10(9)3-1;5-3-1-2-4(6)7-3;4-1-3(6)2-5/h1-2,4-5,7-10H,3,6H2;1-2H;3-6H,1-2H2. The number of cyclic esters (lactones) is 2. The zero-order valence-corrected chi connectivity index (χ0v) is 12.7. The van der Waals surface area contributed by atoms with Gasteiger partial charge in [-0.05, 0) is 36.5 Å². The third kappa shape index (κ3) is 4.60. The van der Waals surface area contributed by atoms with Gasteiger partial charge in [-0.2, -0.15) is 0 Å². The Kier molecular flexibility index (Phi) is 6.27. The zero-order valence-electron chi connectivity index (χ0n) is 12.7. The Labute approximate surface area is 134 Å². The molecule has 1 fully saturated rings. The molecule has 0 radical (unpaired) electrons. The maximum Gasteiger partial charge on any atom is 0.338 e. The van der Waals surface area contributed by atoms with Crippen molar-refractivity contribution in [2.45, 2.75) is 18.9 Å². The lowest BCUT2D eigenvalue weighted by atomic mass is 9.86. The van der Waals surface area contributed by atoms with Crippen LogP contribution in [0.15, 0.2) is 36.5 Å². The van der Waals surface area contributed by atoms with Gasteiger partial charge in [0.1, 0.15) is 6.10 Å². The third-order valence-electron chi connectivity index (χ3n) is 4.43. The summed E-state index contributed by atoms with van der Waals surface area (Å²) >= 11 is 0. The van der Waals surface area contributed by atoms with Crippen molar-refractivity contribution in [1.82, 2.24) is 0 Å². The van der Waals surface area contributed by atoms with Crippen molar-refractivity contribution in [1.29, 1.82) is 0 Å². The fourth-order valence-corrected chi connectivity index (χ4v) is 3.33. The molecular formula is C17H22O6. The second-order valence-corrected chi connectivity index (χ2v) is 5.95. The Morgan fingerprint density at radius 3 is 2.09 bits per heavy atom. The Morgan fingerprint density at radius 1 is 1.04 bits per heavy atom. The first-order valence-corrected chi connectivity index (χ1v) is 7.73. The van der Waals surface area contributed by atoms with E-state index in [0.29, 0.717) is 0 Å². The van der Waals surface area contributed by atoms with Crippen LogP contribution >= 0.6 is 0 Å². The molecule has 4 aliphatic rings. The van der Waals surface area contributed by atoms with Crippen molar-refractivity contribution in [2.24, 2.45) is 23.7 Å². The first-order chi connectivity index (χ1) is 11.0. The van der Waals surface area contributed by atoms with E-state index in [4.69, 9.17) is 15.3 Å². The van der Waals surface area contributed by atoms with E-state index in [2.05, 4.69) is 29.0 Å². The summed E-state index contributed by atoms with van der Waals surface area (Å²) in [7, 11) is 0. The Balaban J connectivity index is 0.000000132. The average Bonchev–Trinajstić information content (AvgIpc) is 3.30. The van der Waals surface area contributed by atoms with Gasteiger partial charge in [0, 0.05) is 12.2 Å². The van der Waals surface area contributed by atoms with E-state index in [1.54, 1.807) is 0 Å². The molecule has 0 aromatic rings. The van der Waals surface area contributed by atoms with Crippen LogP contribution in [0.25, 0.3) is 0 Å². The van der Waals surface area contributed by atoms with Gasteiger partial charge in [0.15, 0.2) is 0 Å². The number of ether oxygens (including phenoxy) is 1. The highest BCUT2D eigenvalue weighted by atomic mass is 16.6. The van der Waals surface area contributed by atoms with Crippen LogP contribution in [-0.2, 0) is 14.3 Å². The molecule has 4 unspecified atom stereocenters. The van der Waals surface area contributed by atoms with Gasteiger partial charge in [-0.1, -0.05) is 24.3 Å². The molecule has 2 bridgehead atoms. The minimum Gasteiger partial charge on any atom is -0.394 e. The summed E-state index contributed by atoms with van der Waals surface area (Å²) in [4.78, 5) is 19.8. The summed E-state index contributed by atoms with van der Waals surface area (Å²) in [5, 5.41) is 24.0. The molecule has 0 saturated heterocycles. The van der Waals surface area contributed by atoms with Gasteiger partial charge < -0.3 is 20.1 Å². The molecule has 4 rings (SSSR count). The SMILES string of the molecule is C1=CC2C3C=CC(C3)C2C1.O=C1C=CC(=O)O1.OCC(O)CO. The van der Waals surface area contributed by atoms with Crippen LogP contribution in [0.3, 0.4) is 0 Å². The smallest absolute Gasteiger partial charge is 0.338 e. The van der Waals surface area contributed by atoms with Crippen molar-refractivity contribution in [3.63, 3.8) is 0 Å². The van der Waals surface area contributed by atoms with Gasteiger partial charge in [0.05, 0.1) is 13.2 Å². The van der Waals surface area contributed by atoms with E-state index in [0.717, 1.165) is 35.8 Å². The lowest BCUT2D eigenvalue weighted by Gasteiger charge is -2.18. The number of fused-ring (bicyclic) bond motifs is 5. The van der Waals surface area contributed by atoms with Gasteiger partial charge in [0.2, 0.25) is 0 Å². The summed E-state index contributed by atoms with van der Waals surface area (Å²) in [6, 6.07) is 0. The second-order valence-electron chi connectivity index (χ2n) is 5.95. The highest BCUT2D eigenvalue weighted by Crippen LogP contribution is 2.52. The first kappa shape index (κ1) is 17.6. The number of esters is 2. The summed E-state index contributed by atoms with van der Waals surface area (Å²) in [6.45, 7) is -0.729. The summed E-state index contributed by atoms with van der Waals surface area (Å²) in [6.07, 6.45) is 13.7. The van der Waals surface area contributed by atoms with Crippen LogP contribution in [0, 0.1) is 23.7 Å². The molecule has 23 heavy (non-hydrogen) atoms. The highest BCUT2D eigenvalue weighted by molar-refractivity contribution is 6.04. The maximum absolute atomic E-state index is 9.92. The van der Waals surface area contributed by atoms with Gasteiger partial charge in [-0.25, -0.2) is 9.59 Å². The third-order valence-corrected chi connectivity index (χ3v) is 4.43. The Morgan fingerprint density at radius 2 is 1.65 bits per heavy atom. The number of hydrogen-bond acceptors (Lipinski definition) is 6. The fourth-order valence-electron chi connectivity index (χ4n) is 3.33. The first-order valence-electron chi connectivity index (χ1n) is 7.73. The lowest BCUT2D eigenvalue weighted by molar-refractivity contribution is -0.150. The second kappa shape index (κ2) is 8.19. The molecular weight excluding hydrogens is 300 g/mol. The Bertz CT molecular complexity index is 501. The Hall–Kier alpha value is -1.76. The van der Waals surface area contributed by atoms with Crippen LogP contribution in [0.4, 0.5) is 0 Å². The van der Waals surface area contributed by atoms with E-state index < -0.39 is 18.0 Å². The predicted molar refractivity (Wildman–Crippen MR) is 81.9 cm³/mol. The number of allylic oxidation sites excluding steroid dienone is 4.